The average molecular weight is 332 g/mol. The Kier molecular flexibility index (Phi) is 9.21. The van der Waals surface area contributed by atoms with Gasteiger partial charge in [0.05, 0.1) is 11.8 Å². The van der Waals surface area contributed by atoms with Crippen LogP contribution >= 0.6 is 7.52 Å². The maximum absolute atomic E-state index is 13.5. The van der Waals surface area contributed by atoms with Gasteiger partial charge in [0.2, 0.25) is 6.04 Å². The van der Waals surface area contributed by atoms with Gasteiger partial charge in [-0.1, -0.05) is 35.6 Å². The van der Waals surface area contributed by atoms with Crippen molar-refractivity contribution in [2.45, 2.75) is 80.4 Å². The molecule has 1 rings (SSSR count). The minimum absolute atomic E-state index is 0. The Bertz CT molecular complexity index is 408. The molecule has 4 nitrogen and oxygen atoms in total. The lowest BCUT2D eigenvalue weighted by molar-refractivity contribution is 0.162. The summed E-state index contributed by atoms with van der Waals surface area (Å²) in [6.45, 7) is 21.2. The van der Waals surface area contributed by atoms with E-state index in [4.69, 9.17) is 11.1 Å². The summed E-state index contributed by atoms with van der Waals surface area (Å²) in [7, 11) is -2.88. The number of piperidine rings is 1. The van der Waals surface area contributed by atoms with Gasteiger partial charge in [0.1, 0.15) is 0 Å². The smallest absolute Gasteiger partial charge is 0.277 e. The lowest BCUT2D eigenvalue weighted by Crippen LogP contribution is -2.39. The number of nitrogens with zero attached hydrogens (tertiary/aromatic N) is 2. The first-order valence-electron chi connectivity index (χ1n) is 7.36. The van der Waals surface area contributed by atoms with Gasteiger partial charge < -0.3 is 9.37 Å². The van der Waals surface area contributed by atoms with E-state index in [1.54, 1.807) is 0 Å². The molecule has 132 valence electrons. The molecule has 22 heavy (non-hydrogen) atoms. The Morgan fingerprint density at radius 3 is 1.91 bits per heavy atom. The molecule has 1 heterocycles. The molecule has 1 saturated heterocycles. The van der Waals surface area contributed by atoms with E-state index in [1.165, 1.54) is 0 Å². The molecule has 1 unspecified atom stereocenters. The van der Waals surface area contributed by atoms with E-state index in [2.05, 4.69) is 25.6 Å². The molecule has 0 bridgehead atoms. The van der Waals surface area contributed by atoms with Gasteiger partial charge in [-0.05, 0) is 26.2 Å². The number of hydrogen-bond acceptors (Lipinski definition) is 2. The Labute approximate surface area is 138 Å². The molecule has 1 aliphatic rings. The molecule has 0 aliphatic carbocycles. The second kappa shape index (κ2) is 8.48. The summed E-state index contributed by atoms with van der Waals surface area (Å²) in [5, 5.41) is -0.400. The lowest BCUT2D eigenvalue weighted by atomic mass is 9.99. The van der Waals surface area contributed by atoms with E-state index in [0.29, 0.717) is 19.7 Å². The van der Waals surface area contributed by atoms with Gasteiger partial charge >= 0.3 is 0 Å². The Hall–Kier alpha value is -0.360. The highest BCUT2D eigenvalue weighted by molar-refractivity contribution is 7.58. The first-order valence-corrected chi connectivity index (χ1v) is 8.94. The van der Waals surface area contributed by atoms with Crippen LogP contribution in [0.4, 0.5) is 0 Å². The van der Waals surface area contributed by atoms with Crippen LogP contribution in [0.25, 0.3) is 4.85 Å². The summed E-state index contributed by atoms with van der Waals surface area (Å²) in [6.07, 6.45) is 1.59. The molecule has 0 N–H and O–H groups in total. The van der Waals surface area contributed by atoms with Crippen molar-refractivity contribution < 1.29 is 9.09 Å². The molecule has 1 atom stereocenters. The molecule has 0 amide bonds. The van der Waals surface area contributed by atoms with Crippen molar-refractivity contribution in [3.63, 3.8) is 0 Å². The third-order valence-electron chi connectivity index (χ3n) is 3.52. The second-order valence-corrected chi connectivity index (χ2v) is 11.0. The second-order valence-electron chi connectivity index (χ2n) is 7.84. The quantitative estimate of drug-likeness (QED) is 0.491. The summed E-state index contributed by atoms with van der Waals surface area (Å²) in [5.74, 6) is 0. The highest BCUT2D eigenvalue weighted by Gasteiger charge is 2.46. The fraction of sp³-hybridized carbons (Fsp3) is 0.941. The van der Waals surface area contributed by atoms with Crippen molar-refractivity contribution in [1.29, 1.82) is 0 Å². The van der Waals surface area contributed by atoms with Crippen molar-refractivity contribution >= 4 is 7.52 Å². The SMILES string of the molecule is C.C.[C-]#[N+]C1CCN(P(=O)(OCC(C)(C)C)C(C)(C)C)CC1. The maximum atomic E-state index is 13.5. The van der Waals surface area contributed by atoms with Gasteiger partial charge in [-0.15, -0.1) is 0 Å². The monoisotopic (exact) mass is 332 g/mol. The first-order chi connectivity index (χ1) is 8.99. The maximum Gasteiger partial charge on any atom is 0.277 e. The van der Waals surface area contributed by atoms with Gasteiger partial charge in [-0.3, -0.25) is 4.57 Å². The number of hydrogen-bond donors (Lipinski definition) is 0. The zero-order valence-electron chi connectivity index (χ0n) is 13.8. The van der Waals surface area contributed by atoms with Crippen molar-refractivity contribution in [1.82, 2.24) is 4.67 Å². The number of rotatable bonds is 3. The summed E-state index contributed by atoms with van der Waals surface area (Å²) in [4.78, 5) is 3.60. The summed E-state index contributed by atoms with van der Waals surface area (Å²) < 4.78 is 21.4. The van der Waals surface area contributed by atoms with E-state index < -0.39 is 12.7 Å². The third kappa shape index (κ3) is 6.03. The first kappa shape index (κ1) is 23.9. The minimum atomic E-state index is -2.88. The lowest BCUT2D eigenvalue weighted by Gasteiger charge is -2.41. The van der Waals surface area contributed by atoms with Gasteiger partial charge in [-0.2, -0.15) is 0 Å². The molecule has 0 aromatic rings. The Morgan fingerprint density at radius 2 is 1.59 bits per heavy atom. The van der Waals surface area contributed by atoms with Crippen molar-refractivity contribution in [2.75, 3.05) is 19.7 Å². The van der Waals surface area contributed by atoms with Gasteiger partial charge in [-0.25, -0.2) is 11.2 Å². The summed E-state index contributed by atoms with van der Waals surface area (Å²) >= 11 is 0. The van der Waals surface area contributed by atoms with Crippen LogP contribution in [0.15, 0.2) is 0 Å². The summed E-state index contributed by atoms with van der Waals surface area (Å²) in [5.41, 5.74) is -0.00422. The molecule has 0 radical (unpaired) electrons. The zero-order chi connectivity index (χ0) is 15.6. The molecule has 0 saturated carbocycles. The van der Waals surface area contributed by atoms with Crippen molar-refractivity contribution in [3.05, 3.63) is 11.4 Å². The predicted octanol–water partition coefficient (Wildman–Crippen LogP) is 5.70. The highest BCUT2D eigenvalue weighted by atomic mass is 31.2. The van der Waals surface area contributed by atoms with E-state index in [9.17, 15) is 4.57 Å². The highest BCUT2D eigenvalue weighted by Crippen LogP contribution is 2.62. The molecule has 1 fully saturated rings. The van der Waals surface area contributed by atoms with Crippen LogP contribution in [0.1, 0.15) is 69.2 Å². The van der Waals surface area contributed by atoms with Gasteiger partial charge in [0.15, 0.2) is 0 Å². The van der Waals surface area contributed by atoms with Gasteiger partial charge in [0.25, 0.3) is 7.52 Å². The largest absolute Gasteiger partial charge is 0.316 e. The van der Waals surface area contributed by atoms with Crippen molar-refractivity contribution in [2.24, 2.45) is 5.41 Å². The van der Waals surface area contributed by atoms with E-state index in [0.717, 1.165) is 12.8 Å². The molecular formula is C17H37N2O2P. The zero-order valence-corrected chi connectivity index (χ0v) is 14.7. The standard InChI is InChI=1S/C15H29N2O2P.2CH4/c1-14(2,3)12-19-20(18,15(4,5)6)17-10-8-13(16-7)9-11-17;;/h13H,8-12H2,1-6H3;2*1H4. The third-order valence-corrected chi connectivity index (χ3v) is 6.84. The fourth-order valence-corrected chi connectivity index (χ4v) is 4.94. The summed E-state index contributed by atoms with van der Waals surface area (Å²) in [6, 6.07) is 0.0854. The molecular weight excluding hydrogens is 295 g/mol. The van der Waals surface area contributed by atoms with Crippen LogP contribution in [-0.4, -0.2) is 35.6 Å². The molecule has 0 aromatic heterocycles. The fourth-order valence-electron chi connectivity index (χ4n) is 2.23. The topological polar surface area (TPSA) is 33.9 Å². The van der Waals surface area contributed by atoms with E-state index in [-0.39, 0.29) is 26.3 Å². The van der Waals surface area contributed by atoms with Crippen LogP contribution in [-0.2, 0) is 9.09 Å². The average Bonchev–Trinajstić information content (AvgIpc) is 2.34. The normalized spacial score (nSPS) is 20.2. The molecule has 5 heteroatoms. The van der Waals surface area contributed by atoms with Crippen LogP contribution in [0.5, 0.6) is 0 Å². The Balaban J connectivity index is 0. The molecule has 0 spiro atoms. The minimum Gasteiger partial charge on any atom is -0.316 e. The predicted molar refractivity (Wildman–Crippen MR) is 97.4 cm³/mol. The van der Waals surface area contributed by atoms with Crippen LogP contribution in [0, 0.1) is 12.0 Å². The molecule has 1 aliphatic heterocycles. The van der Waals surface area contributed by atoms with Gasteiger partial charge in [0, 0.05) is 25.9 Å². The van der Waals surface area contributed by atoms with Crippen LogP contribution < -0.4 is 0 Å². The van der Waals surface area contributed by atoms with Crippen LogP contribution in [0.2, 0.25) is 0 Å². The van der Waals surface area contributed by atoms with E-state index >= 15 is 0 Å². The van der Waals surface area contributed by atoms with Crippen LogP contribution in [0.3, 0.4) is 0 Å². The van der Waals surface area contributed by atoms with E-state index in [1.807, 2.05) is 25.4 Å². The Morgan fingerprint density at radius 1 is 1.14 bits per heavy atom. The van der Waals surface area contributed by atoms with Crippen molar-refractivity contribution in [3.8, 4) is 0 Å². The molecule has 0 aromatic carbocycles.